The molecule has 0 amide bonds. The molecule has 0 atom stereocenters. The zero-order chi connectivity index (χ0) is 9.52. The molecule has 0 radical (unpaired) electrons. The van der Waals surface area contributed by atoms with Crippen molar-refractivity contribution in [2.24, 2.45) is 0 Å². The lowest BCUT2D eigenvalue weighted by Gasteiger charge is -1.98. The molecule has 0 bridgehead atoms. The fraction of sp³-hybridized carbons (Fsp3) is 0.385. The highest BCUT2D eigenvalue weighted by atomic mass is 14.0. The first-order valence-corrected chi connectivity index (χ1v) is 5.03. The largest absolute Gasteiger partial charge is 0.0888 e. The van der Waals surface area contributed by atoms with Crippen LogP contribution in [0.5, 0.6) is 0 Å². The lowest BCUT2D eigenvalue weighted by Crippen LogP contribution is -1.82. The Morgan fingerprint density at radius 2 is 1.77 bits per heavy atom. The fourth-order valence-electron chi connectivity index (χ4n) is 1.29. The van der Waals surface area contributed by atoms with Crippen molar-refractivity contribution >= 4 is 0 Å². The lowest BCUT2D eigenvalue weighted by molar-refractivity contribution is 0.991. The van der Waals surface area contributed by atoms with Crippen LogP contribution in [0.2, 0.25) is 0 Å². The quantitative estimate of drug-likeness (QED) is 0.607. The first kappa shape index (κ1) is 10.0. The van der Waals surface area contributed by atoms with Gasteiger partial charge in [-0.2, -0.15) is 0 Å². The number of aryl methyl sites for hydroxylation is 2. The third kappa shape index (κ3) is 3.93. The summed E-state index contributed by atoms with van der Waals surface area (Å²) in [5.41, 5.74) is 2.78. The van der Waals surface area contributed by atoms with Crippen molar-refractivity contribution in [3.05, 3.63) is 47.5 Å². The van der Waals surface area contributed by atoms with E-state index in [0.717, 1.165) is 19.3 Å². The number of benzene rings is 1. The maximum Gasteiger partial charge on any atom is -0.0244 e. The van der Waals surface area contributed by atoms with Gasteiger partial charge in [0.05, 0.1) is 0 Å². The highest BCUT2D eigenvalue weighted by Gasteiger charge is 1.89. The molecular formula is C13H18. The maximum absolute atomic E-state index is 2.26. The fourth-order valence-corrected chi connectivity index (χ4v) is 1.29. The maximum atomic E-state index is 2.26. The smallest absolute Gasteiger partial charge is 0.0244 e. The summed E-state index contributed by atoms with van der Waals surface area (Å²) in [7, 11) is 0. The van der Waals surface area contributed by atoms with E-state index < -0.39 is 0 Å². The molecule has 0 aliphatic carbocycles. The minimum atomic E-state index is 1.15. The molecule has 0 N–H and O–H groups in total. The van der Waals surface area contributed by atoms with Gasteiger partial charge in [-0.3, -0.25) is 0 Å². The average Bonchev–Trinajstić information content (AvgIpc) is 2.15. The predicted molar refractivity (Wildman–Crippen MR) is 58.9 cm³/mol. The molecule has 0 aliphatic rings. The average molecular weight is 174 g/mol. The van der Waals surface area contributed by atoms with Crippen molar-refractivity contribution in [1.29, 1.82) is 0 Å². The van der Waals surface area contributed by atoms with Crippen LogP contribution in [0, 0.1) is 6.92 Å². The van der Waals surface area contributed by atoms with Crippen molar-refractivity contribution in [1.82, 2.24) is 0 Å². The highest BCUT2D eigenvalue weighted by molar-refractivity contribution is 5.21. The zero-order valence-electron chi connectivity index (χ0n) is 8.59. The molecule has 0 saturated heterocycles. The molecule has 0 saturated carbocycles. The minimum absolute atomic E-state index is 1.15. The van der Waals surface area contributed by atoms with E-state index >= 15 is 0 Å². The summed E-state index contributed by atoms with van der Waals surface area (Å²) in [6.07, 6.45) is 7.97. The molecule has 1 rings (SSSR count). The summed E-state index contributed by atoms with van der Waals surface area (Å²) in [5.74, 6) is 0. The van der Waals surface area contributed by atoms with E-state index in [1.165, 1.54) is 11.1 Å². The number of rotatable bonds is 4. The van der Waals surface area contributed by atoms with Gasteiger partial charge in [-0.15, -0.1) is 0 Å². The molecule has 70 valence electrons. The first-order chi connectivity index (χ1) is 6.33. The van der Waals surface area contributed by atoms with E-state index in [9.17, 15) is 0 Å². The first-order valence-electron chi connectivity index (χ1n) is 5.03. The Hall–Kier alpha value is -1.04. The van der Waals surface area contributed by atoms with Crippen LogP contribution in [0.3, 0.4) is 0 Å². The second-order valence-electron chi connectivity index (χ2n) is 3.40. The van der Waals surface area contributed by atoms with Crippen LogP contribution in [0.25, 0.3) is 0 Å². The second kappa shape index (κ2) is 5.58. The van der Waals surface area contributed by atoms with Crippen LogP contribution in [-0.2, 0) is 6.42 Å². The minimum Gasteiger partial charge on any atom is -0.0888 e. The third-order valence-electron chi connectivity index (χ3n) is 2.12. The zero-order valence-corrected chi connectivity index (χ0v) is 8.59. The predicted octanol–water partition coefficient (Wildman–Crippen LogP) is 3.89. The van der Waals surface area contributed by atoms with Gasteiger partial charge in [-0.1, -0.05) is 48.9 Å². The Labute approximate surface area is 81.3 Å². The van der Waals surface area contributed by atoms with Crippen LogP contribution in [0.4, 0.5) is 0 Å². The van der Waals surface area contributed by atoms with E-state index in [-0.39, 0.29) is 0 Å². The highest BCUT2D eigenvalue weighted by Crippen LogP contribution is 2.06. The van der Waals surface area contributed by atoms with Gasteiger partial charge in [0.2, 0.25) is 0 Å². The molecule has 0 aromatic heterocycles. The third-order valence-corrected chi connectivity index (χ3v) is 2.12. The van der Waals surface area contributed by atoms with Crippen LogP contribution in [-0.4, -0.2) is 0 Å². The molecule has 0 unspecified atom stereocenters. The van der Waals surface area contributed by atoms with Gasteiger partial charge in [0.15, 0.2) is 0 Å². The van der Waals surface area contributed by atoms with Crippen molar-refractivity contribution in [2.75, 3.05) is 0 Å². The molecule has 0 heteroatoms. The summed E-state index contributed by atoms with van der Waals surface area (Å²) < 4.78 is 0. The van der Waals surface area contributed by atoms with Gasteiger partial charge >= 0.3 is 0 Å². The van der Waals surface area contributed by atoms with Gasteiger partial charge in [-0.05, 0) is 31.7 Å². The molecule has 0 fully saturated rings. The Morgan fingerprint density at radius 1 is 1.08 bits per heavy atom. The normalized spacial score (nSPS) is 10.9. The standard InChI is InChI=1S/C13H18/c1-3-4-5-6-7-13-10-8-12(2)9-11-13/h4-5,8-11H,3,6-7H2,1-2H3. The number of allylic oxidation sites excluding steroid dienone is 2. The van der Waals surface area contributed by atoms with Crippen molar-refractivity contribution in [3.8, 4) is 0 Å². The summed E-state index contributed by atoms with van der Waals surface area (Å²) >= 11 is 0. The van der Waals surface area contributed by atoms with Gasteiger partial charge in [0.25, 0.3) is 0 Å². The topological polar surface area (TPSA) is 0 Å². The molecule has 0 aliphatic heterocycles. The summed E-state index contributed by atoms with van der Waals surface area (Å²) in [4.78, 5) is 0. The number of hydrogen-bond acceptors (Lipinski definition) is 0. The summed E-state index contributed by atoms with van der Waals surface area (Å²) in [5, 5.41) is 0. The summed E-state index contributed by atoms with van der Waals surface area (Å²) in [6, 6.07) is 8.79. The molecular weight excluding hydrogens is 156 g/mol. The molecule has 13 heavy (non-hydrogen) atoms. The van der Waals surface area contributed by atoms with Crippen LogP contribution < -0.4 is 0 Å². The van der Waals surface area contributed by atoms with E-state index in [2.05, 4.69) is 50.3 Å². The van der Waals surface area contributed by atoms with Crippen molar-refractivity contribution < 1.29 is 0 Å². The van der Waals surface area contributed by atoms with E-state index in [1.807, 2.05) is 0 Å². The van der Waals surface area contributed by atoms with Gasteiger partial charge in [0.1, 0.15) is 0 Å². The van der Waals surface area contributed by atoms with Gasteiger partial charge in [-0.25, -0.2) is 0 Å². The Bertz CT molecular complexity index is 254. The van der Waals surface area contributed by atoms with E-state index in [1.54, 1.807) is 0 Å². The molecule has 0 heterocycles. The SMILES string of the molecule is CCC=CCCc1ccc(C)cc1. The molecule has 1 aromatic carbocycles. The number of hydrogen-bond donors (Lipinski definition) is 0. The van der Waals surface area contributed by atoms with Gasteiger partial charge < -0.3 is 0 Å². The van der Waals surface area contributed by atoms with Gasteiger partial charge in [0, 0.05) is 0 Å². The van der Waals surface area contributed by atoms with Crippen LogP contribution >= 0.6 is 0 Å². The Balaban J connectivity index is 2.37. The van der Waals surface area contributed by atoms with Crippen molar-refractivity contribution in [2.45, 2.75) is 33.1 Å². The lowest BCUT2D eigenvalue weighted by atomic mass is 10.1. The van der Waals surface area contributed by atoms with Crippen LogP contribution in [0.1, 0.15) is 30.9 Å². The second-order valence-corrected chi connectivity index (χ2v) is 3.40. The molecule has 0 nitrogen and oxygen atoms in total. The van der Waals surface area contributed by atoms with E-state index in [0.29, 0.717) is 0 Å². The monoisotopic (exact) mass is 174 g/mol. The summed E-state index contributed by atoms with van der Waals surface area (Å²) in [6.45, 7) is 4.29. The van der Waals surface area contributed by atoms with Crippen molar-refractivity contribution in [3.63, 3.8) is 0 Å². The molecule has 0 spiro atoms. The van der Waals surface area contributed by atoms with Crippen LogP contribution in [0.15, 0.2) is 36.4 Å². The Kier molecular flexibility index (Phi) is 4.31. The van der Waals surface area contributed by atoms with E-state index in [4.69, 9.17) is 0 Å². The molecule has 1 aromatic rings. The Morgan fingerprint density at radius 3 is 2.38 bits per heavy atom.